The number of nitrogens with zero attached hydrogens (tertiary/aromatic N) is 6. The summed E-state index contributed by atoms with van der Waals surface area (Å²) >= 11 is 0. The van der Waals surface area contributed by atoms with Gasteiger partial charge in [0.05, 0.1) is 31.3 Å². The molecule has 0 unspecified atom stereocenters. The van der Waals surface area contributed by atoms with E-state index in [1.54, 1.807) is 27.3 Å². The van der Waals surface area contributed by atoms with E-state index in [0.717, 1.165) is 22.8 Å². The molecule has 45 heavy (non-hydrogen) atoms. The number of methoxy groups -OCH3 is 1. The number of ether oxygens (including phenoxy) is 2. The van der Waals surface area contributed by atoms with E-state index in [2.05, 4.69) is 35.4 Å². The summed E-state index contributed by atoms with van der Waals surface area (Å²) in [4.78, 5) is 28.4. The molecule has 4 aromatic rings. The molecular formula is C32H39FN9O3+. The monoisotopic (exact) mass is 616 g/mol. The predicted molar refractivity (Wildman–Crippen MR) is 174 cm³/mol. The van der Waals surface area contributed by atoms with Gasteiger partial charge in [0.15, 0.2) is 5.82 Å². The number of hydrogen-bond donors (Lipinski definition) is 3. The van der Waals surface area contributed by atoms with Crippen LogP contribution in [-0.4, -0.2) is 86.5 Å². The Morgan fingerprint density at radius 3 is 2.56 bits per heavy atom. The number of piperazine rings is 1. The zero-order chi connectivity index (χ0) is 32.4. The highest BCUT2D eigenvalue weighted by molar-refractivity contribution is 5.88. The van der Waals surface area contributed by atoms with Crippen LogP contribution >= 0.6 is 0 Å². The van der Waals surface area contributed by atoms with E-state index in [9.17, 15) is 9.18 Å². The van der Waals surface area contributed by atoms with E-state index < -0.39 is 6.67 Å². The summed E-state index contributed by atoms with van der Waals surface area (Å²) in [5, 5.41) is 9.93. The van der Waals surface area contributed by atoms with E-state index in [4.69, 9.17) is 15.3 Å². The molecule has 0 aliphatic carbocycles. The van der Waals surface area contributed by atoms with Crippen molar-refractivity contribution < 1.29 is 23.1 Å². The molecule has 1 fully saturated rings. The molecule has 2 aromatic carbocycles. The fourth-order valence-electron chi connectivity index (χ4n) is 4.86. The van der Waals surface area contributed by atoms with Crippen LogP contribution < -0.4 is 20.3 Å². The van der Waals surface area contributed by atoms with Gasteiger partial charge in [0.25, 0.3) is 0 Å². The van der Waals surface area contributed by atoms with E-state index in [0.29, 0.717) is 60.2 Å². The predicted octanol–water partition coefficient (Wildman–Crippen LogP) is 6.15. The summed E-state index contributed by atoms with van der Waals surface area (Å²) in [5.74, 6) is 2.52. The highest BCUT2D eigenvalue weighted by Gasteiger charge is 2.35. The number of hydrogen-bond acceptors (Lipinski definition) is 11. The zero-order valence-electron chi connectivity index (χ0n) is 26.2. The van der Waals surface area contributed by atoms with Gasteiger partial charge in [0, 0.05) is 39.1 Å². The maximum atomic E-state index is 12.5. The molecule has 3 N–H and O–H groups in total. The van der Waals surface area contributed by atoms with E-state index >= 15 is 0 Å². The first-order valence-corrected chi connectivity index (χ1v) is 14.4. The van der Waals surface area contributed by atoms with Crippen LogP contribution in [0.5, 0.6) is 11.5 Å². The number of allylic oxidation sites excluding steroid dienone is 1. The Morgan fingerprint density at radius 2 is 1.89 bits per heavy atom. The van der Waals surface area contributed by atoms with Crippen molar-refractivity contribution in [1.82, 2.24) is 15.0 Å². The van der Waals surface area contributed by atoms with Gasteiger partial charge < -0.3 is 25.0 Å². The molecule has 0 radical (unpaired) electrons. The average Bonchev–Trinajstić information content (AvgIpc) is 3.05. The number of halogens is 1. The lowest BCUT2D eigenvalue weighted by molar-refractivity contribution is -0.832. The highest BCUT2D eigenvalue weighted by atomic mass is 19.1. The third-order valence-electron chi connectivity index (χ3n) is 7.42. The minimum atomic E-state index is -0.647. The lowest BCUT2D eigenvalue weighted by Crippen LogP contribution is -2.60. The lowest BCUT2D eigenvalue weighted by atomic mass is 10.2. The number of quaternary nitrogens is 1. The quantitative estimate of drug-likeness (QED) is 0.115. The maximum Gasteiger partial charge on any atom is 0.338 e. The van der Waals surface area contributed by atoms with Crippen molar-refractivity contribution in [2.24, 2.45) is 5.11 Å². The number of aryl methyl sites for hydroxylation is 1. The molecule has 1 aliphatic rings. The third-order valence-corrected chi connectivity index (χ3v) is 7.42. The van der Waals surface area contributed by atoms with Crippen LogP contribution in [0.1, 0.15) is 5.56 Å². The van der Waals surface area contributed by atoms with Gasteiger partial charge >= 0.3 is 5.91 Å². The number of amides is 1. The van der Waals surface area contributed by atoms with E-state index in [1.165, 1.54) is 18.5 Å². The third kappa shape index (κ3) is 7.94. The van der Waals surface area contributed by atoms with Gasteiger partial charge in [0.2, 0.25) is 0 Å². The number of nitrogens with one attached hydrogen (secondary N) is 3. The number of carbonyl (C=O) groups is 1. The maximum absolute atomic E-state index is 12.5. The van der Waals surface area contributed by atoms with E-state index in [1.807, 2.05) is 56.4 Å². The number of anilines is 4. The average molecular weight is 617 g/mol. The fraction of sp³-hybridized carbons (Fsp3) is 0.312. The normalized spacial score (nSPS) is 14.0. The largest absolute Gasteiger partial charge is 0.457 e. The van der Waals surface area contributed by atoms with Gasteiger partial charge in [-0.15, -0.1) is 0 Å². The molecule has 236 valence electrons. The summed E-state index contributed by atoms with van der Waals surface area (Å²) < 4.78 is 23.1. The van der Waals surface area contributed by atoms with Gasteiger partial charge in [-0.05, 0) is 61.0 Å². The molecule has 5 rings (SSSR count). The first-order valence-electron chi connectivity index (χ1n) is 14.4. The van der Waals surface area contributed by atoms with Crippen LogP contribution in [0.15, 0.2) is 72.1 Å². The van der Waals surface area contributed by atoms with Gasteiger partial charge in [-0.1, -0.05) is 0 Å². The summed E-state index contributed by atoms with van der Waals surface area (Å²) in [5.41, 5.74) is 11.7. The lowest BCUT2D eigenvalue weighted by Gasteiger charge is -2.39. The molecule has 12 nitrogen and oxygen atoms in total. The molecule has 0 bridgehead atoms. The van der Waals surface area contributed by atoms with E-state index in [-0.39, 0.29) is 10.4 Å². The second-order valence-electron chi connectivity index (χ2n) is 10.6. The molecule has 0 atom stereocenters. The van der Waals surface area contributed by atoms with Crippen LogP contribution in [0.25, 0.3) is 11.0 Å². The second-order valence-corrected chi connectivity index (χ2v) is 10.6. The zero-order valence-corrected chi connectivity index (χ0v) is 26.2. The molecular weight excluding hydrogens is 577 g/mol. The van der Waals surface area contributed by atoms with Crippen molar-refractivity contribution in [2.75, 3.05) is 76.7 Å². The van der Waals surface area contributed by atoms with Crippen LogP contribution in [0.2, 0.25) is 0 Å². The number of fused-ring (bicyclic) bond motifs is 1. The number of aromatic nitrogens is 3. The van der Waals surface area contributed by atoms with Crippen molar-refractivity contribution in [3.63, 3.8) is 0 Å². The summed E-state index contributed by atoms with van der Waals surface area (Å²) in [6.45, 7) is 3.77. The molecule has 1 amide bonds. The Hall–Kier alpha value is -5.01. The summed E-state index contributed by atoms with van der Waals surface area (Å²) in [6, 6.07) is 14.9. The number of alkyl halides is 1. The first-order chi connectivity index (χ1) is 21.7. The van der Waals surface area contributed by atoms with Crippen molar-refractivity contribution >= 4 is 45.6 Å². The number of pyridine rings is 1. The molecule has 1 aliphatic heterocycles. The molecule has 2 aromatic heterocycles. The molecule has 13 heteroatoms. The highest BCUT2D eigenvalue weighted by Crippen LogP contribution is 2.34. The standard InChI is InChI=1S/C30H33FN9O2.C2H6O/c1-20-17-21(6-10-26(20)42-22-7-8-23(33-2)25(18-22)38-32)36-30-29-24(34-19-35-30)9-11-27(37-29)39-13-15-40(3,16-14-39)28(41)5-4-12-31;1-3-2/h4-11,17-19,32-33H,12-16H2,1-3H3,(H,34,35,36);1-2H3/q+1;/b5-4+,38-32?;. The Balaban J connectivity index is 0.00000148. The number of carbonyl (C=O) groups excluding carboxylic acids is 1. The van der Waals surface area contributed by atoms with Crippen molar-refractivity contribution in [1.29, 1.82) is 5.53 Å². The van der Waals surface area contributed by atoms with Crippen molar-refractivity contribution in [3.8, 4) is 11.5 Å². The van der Waals surface area contributed by atoms with Crippen molar-refractivity contribution in [3.05, 3.63) is 72.6 Å². The topological polar surface area (TPSA) is 138 Å². The smallest absolute Gasteiger partial charge is 0.338 e. The van der Waals surface area contributed by atoms with Gasteiger partial charge in [-0.25, -0.2) is 29.7 Å². The molecule has 1 saturated heterocycles. The van der Waals surface area contributed by atoms with Gasteiger partial charge in [-0.2, -0.15) is 5.11 Å². The van der Waals surface area contributed by atoms with Crippen LogP contribution in [-0.2, 0) is 9.53 Å². The van der Waals surface area contributed by atoms with Crippen LogP contribution in [0, 0.1) is 12.5 Å². The second kappa shape index (κ2) is 15.1. The SMILES string of the molecule is CNc1ccc(Oc2ccc(Nc3ncnc4ccc(N5CC[N+](C)(C(=O)/C=C/CF)CC5)nc34)cc2C)cc1N=N.COC. The minimum Gasteiger partial charge on any atom is -0.457 e. The molecule has 0 spiro atoms. The number of benzene rings is 2. The van der Waals surface area contributed by atoms with Gasteiger partial charge in [-0.3, -0.25) is 4.48 Å². The fourth-order valence-corrected chi connectivity index (χ4v) is 4.86. The summed E-state index contributed by atoms with van der Waals surface area (Å²) in [7, 11) is 6.91. The number of rotatable bonds is 9. The first kappa shape index (κ1) is 32.9. The Kier molecular flexibility index (Phi) is 11.1. The Morgan fingerprint density at radius 1 is 1.13 bits per heavy atom. The minimum absolute atomic E-state index is 0.0924. The molecule has 0 saturated carbocycles. The van der Waals surface area contributed by atoms with Crippen molar-refractivity contribution in [2.45, 2.75) is 6.92 Å². The van der Waals surface area contributed by atoms with Crippen LogP contribution in [0.3, 0.4) is 0 Å². The van der Waals surface area contributed by atoms with Crippen LogP contribution in [0.4, 0.5) is 33.1 Å². The Labute approximate surface area is 262 Å². The number of likely N-dealkylation sites (N-methyl/N-ethyl adjacent to an activating group) is 1. The summed E-state index contributed by atoms with van der Waals surface area (Å²) in [6.07, 6.45) is 4.10. The Bertz CT molecular complexity index is 1670. The molecule has 3 heterocycles. The van der Waals surface area contributed by atoms with Gasteiger partial charge in [0.1, 0.15) is 54.6 Å².